The average Bonchev–Trinajstić information content (AvgIpc) is 2.78. The molecule has 2 heterocycles. The third-order valence-corrected chi connectivity index (χ3v) is 4.57. The van der Waals surface area contributed by atoms with E-state index in [9.17, 15) is 18.0 Å². The van der Waals surface area contributed by atoms with Gasteiger partial charge in [-0.2, -0.15) is 13.2 Å². The SMILES string of the molecule is CC(C)Nc1ccnc(C2COCCN2C(=O)CCc2ccccc2)n1.O=C(O)C(F)(F)F. The summed E-state index contributed by atoms with van der Waals surface area (Å²) in [5.74, 6) is -1.24. The molecule has 2 aromatic rings. The molecule has 1 aromatic carbocycles. The zero-order valence-electron chi connectivity index (χ0n) is 18.4. The molecule has 3 rings (SSSR count). The molecule has 8 nitrogen and oxygen atoms in total. The lowest BCUT2D eigenvalue weighted by Crippen LogP contribution is -2.44. The van der Waals surface area contributed by atoms with Crippen LogP contribution in [0, 0.1) is 0 Å². The molecule has 1 aliphatic heterocycles. The molecule has 1 fully saturated rings. The van der Waals surface area contributed by atoms with E-state index < -0.39 is 12.1 Å². The molecule has 1 aliphatic rings. The Morgan fingerprint density at radius 3 is 2.52 bits per heavy atom. The first-order chi connectivity index (χ1) is 15.6. The van der Waals surface area contributed by atoms with Crippen molar-refractivity contribution in [2.24, 2.45) is 0 Å². The number of nitrogens with zero attached hydrogens (tertiary/aromatic N) is 3. The Hall–Kier alpha value is -3.21. The Kier molecular flexibility index (Phi) is 9.58. The first kappa shape index (κ1) is 26.0. The number of carbonyl (C=O) groups excluding carboxylic acids is 1. The van der Waals surface area contributed by atoms with Gasteiger partial charge in [0.25, 0.3) is 0 Å². The van der Waals surface area contributed by atoms with E-state index in [0.717, 1.165) is 12.2 Å². The van der Waals surface area contributed by atoms with Gasteiger partial charge in [0.05, 0.1) is 13.2 Å². The number of amides is 1. The van der Waals surface area contributed by atoms with Gasteiger partial charge in [0.2, 0.25) is 5.91 Å². The van der Waals surface area contributed by atoms with Gasteiger partial charge in [-0.3, -0.25) is 4.79 Å². The zero-order chi connectivity index (χ0) is 24.4. The number of carbonyl (C=O) groups is 2. The van der Waals surface area contributed by atoms with Crippen molar-refractivity contribution in [3.05, 3.63) is 54.0 Å². The van der Waals surface area contributed by atoms with Crippen molar-refractivity contribution in [2.45, 2.75) is 44.9 Å². The van der Waals surface area contributed by atoms with Crippen molar-refractivity contribution < 1.29 is 32.6 Å². The third kappa shape index (κ3) is 8.68. The lowest BCUT2D eigenvalue weighted by atomic mass is 10.1. The number of alkyl halides is 3. The second kappa shape index (κ2) is 12.1. The number of morpholine rings is 1. The summed E-state index contributed by atoms with van der Waals surface area (Å²) in [6.07, 6.45) is -2.14. The number of aliphatic carboxylic acids is 1. The number of aromatic nitrogens is 2. The number of halogens is 3. The number of anilines is 1. The van der Waals surface area contributed by atoms with E-state index in [0.29, 0.717) is 32.0 Å². The van der Waals surface area contributed by atoms with Crippen LogP contribution in [0.3, 0.4) is 0 Å². The van der Waals surface area contributed by atoms with Crippen molar-refractivity contribution >= 4 is 17.7 Å². The number of ether oxygens (including phenoxy) is 1. The molecule has 0 bridgehead atoms. The maximum absolute atomic E-state index is 12.8. The topological polar surface area (TPSA) is 105 Å². The number of carboxylic acids is 1. The summed E-state index contributed by atoms with van der Waals surface area (Å²) in [6.45, 7) is 5.68. The maximum Gasteiger partial charge on any atom is 0.490 e. The van der Waals surface area contributed by atoms with E-state index in [4.69, 9.17) is 14.6 Å². The van der Waals surface area contributed by atoms with Crippen LogP contribution >= 0.6 is 0 Å². The minimum atomic E-state index is -5.08. The Bertz CT molecular complexity index is 910. The summed E-state index contributed by atoms with van der Waals surface area (Å²) in [5.41, 5.74) is 1.17. The lowest BCUT2D eigenvalue weighted by Gasteiger charge is -2.34. The van der Waals surface area contributed by atoms with Crippen molar-refractivity contribution in [3.8, 4) is 0 Å². The van der Waals surface area contributed by atoms with Crippen LogP contribution in [0.4, 0.5) is 19.0 Å². The third-order valence-electron chi connectivity index (χ3n) is 4.57. The average molecular weight is 468 g/mol. The molecule has 1 aromatic heterocycles. The monoisotopic (exact) mass is 468 g/mol. The lowest BCUT2D eigenvalue weighted by molar-refractivity contribution is -0.192. The van der Waals surface area contributed by atoms with Crippen LogP contribution in [-0.4, -0.2) is 63.8 Å². The van der Waals surface area contributed by atoms with Crippen LogP contribution in [-0.2, 0) is 20.7 Å². The number of hydrogen-bond donors (Lipinski definition) is 2. The van der Waals surface area contributed by atoms with Gasteiger partial charge < -0.3 is 20.1 Å². The summed E-state index contributed by atoms with van der Waals surface area (Å²) in [5, 5.41) is 10.4. The summed E-state index contributed by atoms with van der Waals surface area (Å²) in [6, 6.07) is 12.0. The largest absolute Gasteiger partial charge is 0.490 e. The van der Waals surface area contributed by atoms with E-state index in [1.165, 1.54) is 5.56 Å². The predicted molar refractivity (Wildman–Crippen MR) is 115 cm³/mol. The van der Waals surface area contributed by atoms with Gasteiger partial charge in [0.1, 0.15) is 11.9 Å². The highest BCUT2D eigenvalue weighted by Gasteiger charge is 2.38. The summed E-state index contributed by atoms with van der Waals surface area (Å²) in [4.78, 5) is 32.6. The fourth-order valence-electron chi connectivity index (χ4n) is 3.07. The molecular formula is C22H27F3N4O4. The highest BCUT2D eigenvalue weighted by atomic mass is 19.4. The fourth-order valence-corrected chi connectivity index (χ4v) is 3.07. The highest BCUT2D eigenvalue weighted by Crippen LogP contribution is 2.23. The molecule has 1 unspecified atom stereocenters. The van der Waals surface area contributed by atoms with Gasteiger partial charge in [-0.05, 0) is 31.9 Å². The van der Waals surface area contributed by atoms with Gasteiger partial charge in [-0.1, -0.05) is 30.3 Å². The van der Waals surface area contributed by atoms with E-state index in [1.54, 1.807) is 6.20 Å². The van der Waals surface area contributed by atoms with Crippen LogP contribution in [0.2, 0.25) is 0 Å². The van der Waals surface area contributed by atoms with E-state index in [-0.39, 0.29) is 18.0 Å². The molecule has 1 saturated heterocycles. The molecule has 0 aliphatic carbocycles. The molecule has 11 heteroatoms. The molecule has 180 valence electrons. The van der Waals surface area contributed by atoms with Gasteiger partial charge >= 0.3 is 12.1 Å². The quantitative estimate of drug-likeness (QED) is 0.669. The second-order valence-corrected chi connectivity index (χ2v) is 7.57. The number of hydrogen-bond acceptors (Lipinski definition) is 6. The number of nitrogens with one attached hydrogen (secondary N) is 1. The standard InChI is InChI=1S/C20H26N4O2.C2HF3O2/c1-15(2)22-18-10-11-21-20(23-18)17-14-26-13-12-24(17)19(25)9-8-16-6-4-3-5-7-16;3-2(4,5)1(6)7/h3-7,10-11,15,17H,8-9,12-14H2,1-2H3,(H,21,22,23);(H,6,7). The van der Waals surface area contributed by atoms with Crippen molar-refractivity contribution in [2.75, 3.05) is 25.1 Å². The molecule has 0 saturated carbocycles. The second-order valence-electron chi connectivity index (χ2n) is 7.57. The molecule has 1 atom stereocenters. The van der Waals surface area contributed by atoms with E-state index in [1.807, 2.05) is 41.3 Å². The van der Waals surface area contributed by atoms with Crippen molar-refractivity contribution in [1.82, 2.24) is 14.9 Å². The van der Waals surface area contributed by atoms with Crippen molar-refractivity contribution in [1.29, 1.82) is 0 Å². The predicted octanol–water partition coefficient (Wildman–Crippen LogP) is 3.46. The highest BCUT2D eigenvalue weighted by molar-refractivity contribution is 5.77. The number of benzene rings is 1. The van der Waals surface area contributed by atoms with Gasteiger partial charge in [-0.25, -0.2) is 14.8 Å². The van der Waals surface area contributed by atoms with Crippen LogP contribution in [0.5, 0.6) is 0 Å². The summed E-state index contributed by atoms with van der Waals surface area (Å²) < 4.78 is 37.3. The smallest absolute Gasteiger partial charge is 0.475 e. The maximum atomic E-state index is 12.8. The van der Waals surface area contributed by atoms with Crippen LogP contribution in [0.15, 0.2) is 42.6 Å². The fraction of sp³-hybridized carbons (Fsp3) is 0.455. The minimum absolute atomic E-state index is 0.118. The van der Waals surface area contributed by atoms with Crippen LogP contribution in [0.1, 0.15) is 37.7 Å². The number of carboxylic acid groups (broad SMARTS) is 1. The Labute approximate surface area is 189 Å². The minimum Gasteiger partial charge on any atom is -0.475 e. The van der Waals surface area contributed by atoms with Gasteiger partial charge in [-0.15, -0.1) is 0 Å². The Morgan fingerprint density at radius 1 is 1.24 bits per heavy atom. The van der Waals surface area contributed by atoms with Crippen LogP contribution < -0.4 is 5.32 Å². The van der Waals surface area contributed by atoms with Gasteiger partial charge in [0, 0.05) is 25.2 Å². The van der Waals surface area contributed by atoms with Crippen molar-refractivity contribution in [3.63, 3.8) is 0 Å². The Balaban J connectivity index is 0.000000479. The first-order valence-electron chi connectivity index (χ1n) is 10.4. The van der Waals surface area contributed by atoms with Gasteiger partial charge in [0.15, 0.2) is 5.82 Å². The molecule has 33 heavy (non-hydrogen) atoms. The number of aryl methyl sites for hydroxylation is 1. The van der Waals surface area contributed by atoms with E-state index >= 15 is 0 Å². The molecule has 0 radical (unpaired) electrons. The van der Waals surface area contributed by atoms with Crippen LogP contribution in [0.25, 0.3) is 0 Å². The molecule has 2 N–H and O–H groups in total. The molecule has 0 spiro atoms. The first-order valence-corrected chi connectivity index (χ1v) is 10.4. The molecule has 1 amide bonds. The zero-order valence-corrected chi connectivity index (χ0v) is 18.4. The summed E-state index contributed by atoms with van der Waals surface area (Å²) in [7, 11) is 0. The Morgan fingerprint density at radius 2 is 1.91 bits per heavy atom. The molecular weight excluding hydrogens is 441 g/mol. The van der Waals surface area contributed by atoms with E-state index in [2.05, 4.69) is 29.1 Å². The number of rotatable bonds is 6. The summed E-state index contributed by atoms with van der Waals surface area (Å²) >= 11 is 0. The normalized spacial score (nSPS) is 16.1.